The number of β-amino-alcohol motifs (C(OH)–C–C–N with tert-alkyl or cyclic N) is 1. The second-order valence-electron chi connectivity index (χ2n) is 8.39. The summed E-state index contributed by atoms with van der Waals surface area (Å²) in [5, 5.41) is 10.5. The lowest BCUT2D eigenvalue weighted by Gasteiger charge is -2.42. The molecule has 0 saturated carbocycles. The Morgan fingerprint density at radius 1 is 1.31 bits per heavy atom. The number of aliphatic hydroxyl groups is 1. The van der Waals surface area contributed by atoms with Crippen LogP contribution in [0.2, 0.25) is 0 Å². The van der Waals surface area contributed by atoms with Crippen molar-refractivity contribution in [1.29, 1.82) is 0 Å². The lowest BCUT2D eigenvalue weighted by atomic mass is 9.86. The van der Waals surface area contributed by atoms with E-state index < -0.39 is 6.10 Å². The van der Waals surface area contributed by atoms with E-state index in [4.69, 9.17) is 14.2 Å². The van der Waals surface area contributed by atoms with Crippen LogP contribution in [0.1, 0.15) is 40.2 Å². The maximum absolute atomic E-state index is 10.5. The van der Waals surface area contributed by atoms with Gasteiger partial charge in [0.1, 0.15) is 24.2 Å². The molecule has 2 rings (SSSR count). The van der Waals surface area contributed by atoms with E-state index in [1.54, 1.807) is 7.11 Å². The predicted molar refractivity (Wildman–Crippen MR) is 107 cm³/mol. The highest BCUT2D eigenvalue weighted by Crippen LogP contribution is 2.34. The summed E-state index contributed by atoms with van der Waals surface area (Å²) in [4.78, 5) is 2.27. The van der Waals surface area contributed by atoms with Crippen molar-refractivity contribution in [2.45, 2.75) is 51.7 Å². The van der Waals surface area contributed by atoms with Crippen molar-refractivity contribution in [3.05, 3.63) is 23.8 Å². The van der Waals surface area contributed by atoms with E-state index in [0.717, 1.165) is 23.6 Å². The highest BCUT2D eigenvalue weighted by Gasteiger charge is 2.31. The Balaban J connectivity index is 0.00000338. The van der Waals surface area contributed by atoms with Gasteiger partial charge in [-0.1, -0.05) is 20.8 Å². The Kier molecular flexibility index (Phi) is 8.21. The van der Waals surface area contributed by atoms with E-state index in [9.17, 15) is 5.11 Å². The molecule has 1 aromatic rings. The number of rotatable bonds is 6. The van der Waals surface area contributed by atoms with Gasteiger partial charge in [0.2, 0.25) is 0 Å². The maximum atomic E-state index is 10.5. The highest BCUT2D eigenvalue weighted by molar-refractivity contribution is 5.85. The zero-order valence-corrected chi connectivity index (χ0v) is 17.7. The quantitative estimate of drug-likeness (QED) is 0.811. The molecule has 1 aliphatic rings. The first kappa shape index (κ1) is 23.0. The van der Waals surface area contributed by atoms with Crippen molar-refractivity contribution in [1.82, 2.24) is 4.90 Å². The van der Waals surface area contributed by atoms with Crippen molar-refractivity contribution in [3.8, 4) is 11.5 Å². The van der Waals surface area contributed by atoms with E-state index in [-0.39, 0.29) is 30.0 Å². The average molecular weight is 388 g/mol. The molecule has 1 heterocycles. The van der Waals surface area contributed by atoms with E-state index in [0.29, 0.717) is 19.8 Å². The van der Waals surface area contributed by atoms with Crippen LogP contribution in [0.5, 0.6) is 11.5 Å². The Morgan fingerprint density at radius 3 is 2.58 bits per heavy atom. The molecule has 0 amide bonds. The molecule has 1 saturated heterocycles. The normalized spacial score (nSPS) is 18.7. The summed E-state index contributed by atoms with van der Waals surface area (Å²) >= 11 is 0. The fourth-order valence-corrected chi connectivity index (χ4v) is 3.07. The molecule has 0 aliphatic carbocycles. The summed E-state index contributed by atoms with van der Waals surface area (Å²) in [6.07, 6.45) is -0.549. The summed E-state index contributed by atoms with van der Waals surface area (Å²) in [6, 6.07) is 5.82. The first-order valence-electron chi connectivity index (χ1n) is 8.95. The van der Waals surface area contributed by atoms with Gasteiger partial charge in [0.05, 0.1) is 20.3 Å². The molecule has 26 heavy (non-hydrogen) atoms. The van der Waals surface area contributed by atoms with Gasteiger partial charge >= 0.3 is 0 Å². The zero-order chi connectivity index (χ0) is 18.7. The molecular weight excluding hydrogens is 354 g/mol. The van der Waals surface area contributed by atoms with Gasteiger partial charge in [-0.3, -0.25) is 4.90 Å². The summed E-state index contributed by atoms with van der Waals surface area (Å²) < 4.78 is 16.8. The van der Waals surface area contributed by atoms with Crippen LogP contribution in [0.25, 0.3) is 0 Å². The summed E-state index contributed by atoms with van der Waals surface area (Å²) in [5.74, 6) is 1.61. The van der Waals surface area contributed by atoms with Crippen LogP contribution in [0.4, 0.5) is 0 Å². The molecule has 0 bridgehead atoms. The fourth-order valence-electron chi connectivity index (χ4n) is 3.07. The number of nitrogens with zero attached hydrogens (tertiary/aromatic N) is 1. The average Bonchev–Trinajstić information content (AvgIpc) is 2.54. The Morgan fingerprint density at radius 2 is 2.00 bits per heavy atom. The minimum Gasteiger partial charge on any atom is -0.497 e. The van der Waals surface area contributed by atoms with E-state index in [1.165, 1.54) is 0 Å². The van der Waals surface area contributed by atoms with Crippen molar-refractivity contribution >= 4 is 12.4 Å². The van der Waals surface area contributed by atoms with Gasteiger partial charge in [0.15, 0.2) is 0 Å². The predicted octanol–water partition coefficient (Wildman–Crippen LogP) is 3.27. The molecule has 0 aromatic heterocycles. The largest absolute Gasteiger partial charge is 0.497 e. The molecule has 0 spiro atoms. The molecule has 1 fully saturated rings. The molecule has 6 heteroatoms. The maximum Gasteiger partial charge on any atom is 0.123 e. The van der Waals surface area contributed by atoms with Crippen LogP contribution in [0, 0.1) is 0 Å². The van der Waals surface area contributed by atoms with Crippen LogP contribution in [-0.2, 0) is 10.2 Å². The van der Waals surface area contributed by atoms with Crippen LogP contribution < -0.4 is 9.47 Å². The smallest absolute Gasteiger partial charge is 0.123 e. The molecule has 1 atom stereocenters. The molecule has 0 radical (unpaired) electrons. The first-order valence-corrected chi connectivity index (χ1v) is 8.95. The van der Waals surface area contributed by atoms with Gasteiger partial charge in [0, 0.05) is 24.2 Å². The third-order valence-electron chi connectivity index (χ3n) is 4.67. The second kappa shape index (κ2) is 9.27. The number of halogens is 1. The zero-order valence-electron chi connectivity index (χ0n) is 16.9. The molecule has 5 nitrogen and oxygen atoms in total. The summed E-state index contributed by atoms with van der Waals surface area (Å²) in [5.41, 5.74) is 0.947. The van der Waals surface area contributed by atoms with E-state index in [2.05, 4.69) is 39.5 Å². The van der Waals surface area contributed by atoms with Crippen LogP contribution in [0.15, 0.2) is 18.2 Å². The molecular formula is C20H34ClNO4. The number of methoxy groups -OCH3 is 1. The summed E-state index contributed by atoms with van der Waals surface area (Å²) in [6.45, 7) is 13.8. The van der Waals surface area contributed by atoms with Crippen LogP contribution in [0.3, 0.4) is 0 Å². The minimum atomic E-state index is -0.549. The minimum absolute atomic E-state index is 0. The molecule has 1 aliphatic heterocycles. The van der Waals surface area contributed by atoms with Gasteiger partial charge in [-0.05, 0) is 37.5 Å². The van der Waals surface area contributed by atoms with Crippen molar-refractivity contribution in [3.63, 3.8) is 0 Å². The number of hydrogen-bond donors (Lipinski definition) is 1. The number of benzene rings is 1. The fraction of sp³-hybridized carbons (Fsp3) is 0.700. The van der Waals surface area contributed by atoms with Gasteiger partial charge < -0.3 is 19.3 Å². The SMILES string of the molecule is COc1ccc(OCC(O)CN2CCOCC2(C)C)c(C(C)(C)C)c1.Cl. The topological polar surface area (TPSA) is 51.2 Å². The Labute approximate surface area is 164 Å². The second-order valence-corrected chi connectivity index (χ2v) is 8.39. The number of aliphatic hydroxyl groups excluding tert-OH is 1. The van der Waals surface area contributed by atoms with Crippen molar-refractivity contribution in [2.75, 3.05) is 40.0 Å². The third-order valence-corrected chi connectivity index (χ3v) is 4.67. The van der Waals surface area contributed by atoms with Gasteiger partial charge in [-0.2, -0.15) is 0 Å². The molecule has 150 valence electrons. The van der Waals surface area contributed by atoms with Gasteiger partial charge in [-0.15, -0.1) is 12.4 Å². The van der Waals surface area contributed by atoms with Crippen LogP contribution >= 0.6 is 12.4 Å². The molecule has 1 aromatic carbocycles. The Bertz CT molecular complexity index is 571. The summed E-state index contributed by atoms with van der Waals surface area (Å²) in [7, 11) is 1.66. The van der Waals surface area contributed by atoms with Crippen molar-refractivity contribution < 1.29 is 19.3 Å². The number of morpholine rings is 1. The highest BCUT2D eigenvalue weighted by atomic mass is 35.5. The van der Waals surface area contributed by atoms with Crippen molar-refractivity contribution in [2.24, 2.45) is 0 Å². The lowest BCUT2D eigenvalue weighted by molar-refractivity contribution is -0.0703. The third kappa shape index (κ3) is 6.02. The van der Waals surface area contributed by atoms with Gasteiger partial charge in [0.25, 0.3) is 0 Å². The van der Waals surface area contributed by atoms with E-state index >= 15 is 0 Å². The monoisotopic (exact) mass is 387 g/mol. The number of hydrogen-bond acceptors (Lipinski definition) is 5. The Hall–Kier alpha value is -1.01. The molecule has 1 N–H and O–H groups in total. The molecule has 1 unspecified atom stereocenters. The standard InChI is InChI=1S/C20H33NO4.ClH/c1-19(2,3)17-11-16(23-6)7-8-18(17)25-13-15(22)12-21-9-10-24-14-20(21,4)5;/h7-8,11,15,22H,9-10,12-14H2,1-6H3;1H. The number of ether oxygens (including phenoxy) is 3. The van der Waals surface area contributed by atoms with E-state index in [1.807, 2.05) is 18.2 Å². The lowest BCUT2D eigenvalue weighted by Crippen LogP contribution is -2.55. The van der Waals surface area contributed by atoms with Crippen LogP contribution in [-0.4, -0.2) is 61.7 Å². The first-order chi connectivity index (χ1) is 11.6. The van der Waals surface area contributed by atoms with Gasteiger partial charge in [-0.25, -0.2) is 0 Å².